The molecule has 1 aromatic rings. The standard InChI is InChI=1S/C22H31N3O4/c1-16-13-14-20(26)19(18(16)11-7-2-3-8-12-21(27)28)15-23-25-22(29)24-17-9-5-4-6-10-17/h2,4-7,9-10,16,18-19,23H,3,8,11-15H2,1H3,(H,27,28)(H2,24,25,29)/b7-2-. The van der Waals surface area contributed by atoms with Crippen molar-refractivity contribution in [1.82, 2.24) is 10.9 Å². The zero-order chi connectivity index (χ0) is 21.1. The van der Waals surface area contributed by atoms with Gasteiger partial charge in [-0.1, -0.05) is 37.3 Å². The summed E-state index contributed by atoms with van der Waals surface area (Å²) >= 11 is 0. The third-order valence-corrected chi connectivity index (χ3v) is 5.40. The van der Waals surface area contributed by atoms with E-state index in [9.17, 15) is 14.4 Å². The Morgan fingerprint density at radius 3 is 2.69 bits per heavy atom. The topological polar surface area (TPSA) is 108 Å². The molecule has 0 aromatic heterocycles. The number of unbranched alkanes of at least 4 members (excludes halogenated alkanes) is 1. The van der Waals surface area contributed by atoms with Crippen LogP contribution in [0, 0.1) is 17.8 Å². The molecular weight excluding hydrogens is 370 g/mol. The van der Waals surface area contributed by atoms with Crippen LogP contribution in [0.3, 0.4) is 0 Å². The first-order valence-electron chi connectivity index (χ1n) is 10.2. The van der Waals surface area contributed by atoms with Crippen LogP contribution in [0.4, 0.5) is 10.5 Å². The average Bonchev–Trinajstić information content (AvgIpc) is 2.69. The first kappa shape index (κ1) is 22.6. The number of urea groups is 1. The number of rotatable bonds is 10. The van der Waals surface area contributed by atoms with E-state index in [2.05, 4.69) is 29.2 Å². The first-order chi connectivity index (χ1) is 14.0. The summed E-state index contributed by atoms with van der Waals surface area (Å²) in [5.74, 6) is -0.0794. The number of nitrogens with one attached hydrogen (secondary N) is 3. The van der Waals surface area contributed by atoms with Crippen LogP contribution in [0.15, 0.2) is 42.5 Å². The normalized spacial score (nSPS) is 21.8. The highest BCUT2D eigenvalue weighted by molar-refractivity contribution is 5.88. The molecule has 3 atom stereocenters. The fourth-order valence-corrected chi connectivity index (χ4v) is 3.73. The Balaban J connectivity index is 1.80. The number of allylic oxidation sites excluding steroid dienone is 2. The number of amides is 2. The Morgan fingerprint density at radius 1 is 1.21 bits per heavy atom. The summed E-state index contributed by atoms with van der Waals surface area (Å²) in [6.07, 6.45) is 7.82. The van der Waals surface area contributed by atoms with Gasteiger partial charge < -0.3 is 10.4 Å². The van der Waals surface area contributed by atoms with Crippen LogP contribution in [-0.2, 0) is 9.59 Å². The number of Topliss-reactive ketones (excluding diaryl/α,β-unsaturated/α-hetero) is 1. The highest BCUT2D eigenvalue weighted by atomic mass is 16.4. The number of carbonyl (C=O) groups excluding carboxylic acids is 2. The number of ketones is 1. The summed E-state index contributed by atoms with van der Waals surface area (Å²) in [6.45, 7) is 2.56. The molecule has 1 aromatic carbocycles. The zero-order valence-electron chi connectivity index (χ0n) is 16.9. The van der Waals surface area contributed by atoms with E-state index >= 15 is 0 Å². The van der Waals surface area contributed by atoms with Crippen molar-refractivity contribution < 1.29 is 19.5 Å². The summed E-state index contributed by atoms with van der Waals surface area (Å²) in [5.41, 5.74) is 6.20. The molecule has 158 valence electrons. The maximum absolute atomic E-state index is 12.5. The fraction of sp³-hybridized carbons (Fsp3) is 0.500. The lowest BCUT2D eigenvalue weighted by Crippen LogP contribution is -2.47. The van der Waals surface area contributed by atoms with Gasteiger partial charge in [0.1, 0.15) is 5.78 Å². The monoisotopic (exact) mass is 401 g/mol. The van der Waals surface area contributed by atoms with Crippen molar-refractivity contribution >= 4 is 23.5 Å². The number of hydrogen-bond donors (Lipinski definition) is 4. The highest BCUT2D eigenvalue weighted by Gasteiger charge is 2.35. The number of para-hydroxylation sites is 1. The van der Waals surface area contributed by atoms with Gasteiger partial charge in [-0.05, 0) is 49.7 Å². The predicted molar refractivity (Wildman–Crippen MR) is 112 cm³/mol. The Morgan fingerprint density at radius 2 is 1.97 bits per heavy atom. The largest absolute Gasteiger partial charge is 0.481 e. The van der Waals surface area contributed by atoms with Gasteiger partial charge in [-0.15, -0.1) is 0 Å². The summed E-state index contributed by atoms with van der Waals surface area (Å²) in [6, 6.07) is 8.77. The van der Waals surface area contributed by atoms with E-state index in [4.69, 9.17) is 5.11 Å². The van der Waals surface area contributed by atoms with E-state index in [-0.39, 0.29) is 30.1 Å². The first-order valence-corrected chi connectivity index (χ1v) is 10.2. The molecule has 1 fully saturated rings. The fourth-order valence-electron chi connectivity index (χ4n) is 3.73. The minimum absolute atomic E-state index is 0.153. The second kappa shape index (κ2) is 12.0. The average molecular weight is 402 g/mol. The van der Waals surface area contributed by atoms with Crippen molar-refractivity contribution in [2.75, 3.05) is 11.9 Å². The van der Waals surface area contributed by atoms with E-state index in [0.29, 0.717) is 31.0 Å². The molecule has 4 N–H and O–H groups in total. The molecule has 2 rings (SSSR count). The van der Waals surface area contributed by atoms with E-state index < -0.39 is 5.97 Å². The Kier molecular flexibility index (Phi) is 9.37. The molecule has 1 aliphatic carbocycles. The van der Waals surface area contributed by atoms with Crippen molar-refractivity contribution in [3.8, 4) is 0 Å². The maximum Gasteiger partial charge on any atom is 0.333 e. The smallest absolute Gasteiger partial charge is 0.333 e. The third kappa shape index (κ3) is 8.07. The number of anilines is 1. The van der Waals surface area contributed by atoms with Gasteiger partial charge >= 0.3 is 12.0 Å². The number of carboxylic acids is 1. The van der Waals surface area contributed by atoms with Crippen LogP contribution in [0.5, 0.6) is 0 Å². The Labute approximate surface area is 171 Å². The van der Waals surface area contributed by atoms with E-state index in [1.807, 2.05) is 24.3 Å². The highest BCUT2D eigenvalue weighted by Crippen LogP contribution is 2.34. The van der Waals surface area contributed by atoms with E-state index in [0.717, 1.165) is 19.3 Å². The van der Waals surface area contributed by atoms with Crippen LogP contribution in [0.2, 0.25) is 0 Å². The molecule has 2 amide bonds. The molecule has 0 radical (unpaired) electrons. The van der Waals surface area contributed by atoms with Gasteiger partial charge in [-0.25, -0.2) is 10.2 Å². The minimum atomic E-state index is -0.778. The lowest BCUT2D eigenvalue weighted by Gasteiger charge is -2.35. The summed E-state index contributed by atoms with van der Waals surface area (Å²) < 4.78 is 0. The summed E-state index contributed by atoms with van der Waals surface area (Å²) in [4.78, 5) is 35.0. The van der Waals surface area contributed by atoms with Gasteiger partial charge in [-0.3, -0.25) is 15.0 Å². The van der Waals surface area contributed by atoms with Gasteiger partial charge in [0.05, 0.1) is 0 Å². The SMILES string of the molecule is CC1CCC(=O)C(CNNC(=O)Nc2ccccc2)C1C/C=C\CCCC(=O)O. The van der Waals surface area contributed by atoms with Gasteiger partial charge in [0.2, 0.25) is 0 Å². The van der Waals surface area contributed by atoms with Crippen LogP contribution >= 0.6 is 0 Å². The molecule has 0 heterocycles. The minimum Gasteiger partial charge on any atom is -0.481 e. The van der Waals surface area contributed by atoms with Gasteiger partial charge in [0.15, 0.2) is 0 Å². The molecular formula is C22H31N3O4. The molecule has 7 heteroatoms. The molecule has 0 saturated heterocycles. The molecule has 7 nitrogen and oxygen atoms in total. The summed E-state index contributed by atoms with van der Waals surface area (Å²) in [5, 5.41) is 11.4. The zero-order valence-corrected chi connectivity index (χ0v) is 16.9. The van der Waals surface area contributed by atoms with Crippen LogP contribution < -0.4 is 16.2 Å². The molecule has 0 bridgehead atoms. The molecule has 1 saturated carbocycles. The van der Waals surface area contributed by atoms with Gasteiger partial charge in [0, 0.05) is 31.0 Å². The second-order valence-electron chi connectivity index (χ2n) is 7.57. The lowest BCUT2D eigenvalue weighted by atomic mass is 9.70. The quantitative estimate of drug-likeness (QED) is 0.271. The summed E-state index contributed by atoms with van der Waals surface area (Å²) in [7, 11) is 0. The number of carbonyl (C=O) groups is 3. The molecule has 0 aliphatic heterocycles. The third-order valence-electron chi connectivity index (χ3n) is 5.40. The van der Waals surface area contributed by atoms with E-state index in [1.165, 1.54) is 0 Å². The maximum atomic E-state index is 12.5. The Bertz CT molecular complexity index is 705. The van der Waals surface area contributed by atoms with Crippen LogP contribution in [-0.4, -0.2) is 29.4 Å². The van der Waals surface area contributed by atoms with Crippen molar-refractivity contribution in [2.24, 2.45) is 17.8 Å². The van der Waals surface area contributed by atoms with Crippen molar-refractivity contribution in [3.63, 3.8) is 0 Å². The van der Waals surface area contributed by atoms with Crippen molar-refractivity contribution in [3.05, 3.63) is 42.5 Å². The Hall–Kier alpha value is -2.67. The van der Waals surface area contributed by atoms with Gasteiger partial charge in [0.25, 0.3) is 0 Å². The molecule has 3 unspecified atom stereocenters. The molecule has 0 spiro atoms. The molecule has 1 aliphatic rings. The number of hydrazine groups is 1. The van der Waals surface area contributed by atoms with Crippen LogP contribution in [0.1, 0.15) is 45.4 Å². The van der Waals surface area contributed by atoms with E-state index in [1.54, 1.807) is 12.1 Å². The van der Waals surface area contributed by atoms with Crippen molar-refractivity contribution in [2.45, 2.75) is 45.4 Å². The number of benzene rings is 1. The number of hydrogen-bond acceptors (Lipinski definition) is 4. The van der Waals surface area contributed by atoms with Crippen molar-refractivity contribution in [1.29, 1.82) is 0 Å². The molecule has 29 heavy (non-hydrogen) atoms. The number of carboxylic acid groups (broad SMARTS) is 1. The van der Waals surface area contributed by atoms with Gasteiger partial charge in [-0.2, -0.15) is 0 Å². The lowest BCUT2D eigenvalue weighted by molar-refractivity contribution is -0.137. The number of aliphatic carboxylic acids is 1. The second-order valence-corrected chi connectivity index (χ2v) is 7.57. The van der Waals surface area contributed by atoms with Crippen LogP contribution in [0.25, 0.3) is 0 Å². The predicted octanol–water partition coefficient (Wildman–Crippen LogP) is 3.75.